The average Bonchev–Trinajstić information content (AvgIpc) is 2.36. The summed E-state index contributed by atoms with van der Waals surface area (Å²) in [5.74, 6) is 0. The van der Waals surface area contributed by atoms with E-state index in [0.717, 1.165) is 10.6 Å². The fourth-order valence-electron chi connectivity index (χ4n) is 1.20. The van der Waals surface area contributed by atoms with Gasteiger partial charge < -0.3 is 9.47 Å². The fraction of sp³-hybridized carbons (Fsp3) is 0.417. The van der Waals surface area contributed by atoms with Crippen molar-refractivity contribution in [1.82, 2.24) is 5.06 Å². The van der Waals surface area contributed by atoms with Gasteiger partial charge in [0.2, 0.25) is 6.29 Å². The van der Waals surface area contributed by atoms with Crippen LogP contribution in [0.25, 0.3) is 0 Å². The Labute approximate surface area is 101 Å². The van der Waals surface area contributed by atoms with Crippen molar-refractivity contribution in [2.75, 3.05) is 14.2 Å². The third-order valence-electron chi connectivity index (χ3n) is 2.19. The Balaban J connectivity index is 2.56. The van der Waals surface area contributed by atoms with Crippen molar-refractivity contribution in [3.05, 3.63) is 35.9 Å². The van der Waals surface area contributed by atoms with E-state index in [-0.39, 0.29) is 0 Å². The van der Waals surface area contributed by atoms with Gasteiger partial charge in [0.05, 0.1) is 13.7 Å². The van der Waals surface area contributed by atoms with E-state index in [2.05, 4.69) is 0 Å². The predicted molar refractivity (Wildman–Crippen MR) is 61.9 cm³/mol. The molecule has 0 saturated carbocycles. The number of carbonyl (C=O) groups excluding carboxylic acids is 1. The van der Waals surface area contributed by atoms with Gasteiger partial charge in [0.25, 0.3) is 0 Å². The largest absolute Gasteiger partial charge is 0.436 e. The van der Waals surface area contributed by atoms with Crippen molar-refractivity contribution in [1.29, 1.82) is 0 Å². The summed E-state index contributed by atoms with van der Waals surface area (Å²) in [6, 6.07) is 9.50. The predicted octanol–water partition coefficient (Wildman–Crippen LogP) is 2.18. The lowest BCUT2D eigenvalue weighted by atomic mass is 10.2. The molecule has 0 radical (unpaired) electrons. The van der Waals surface area contributed by atoms with Crippen molar-refractivity contribution in [2.45, 2.75) is 19.8 Å². The Hall–Kier alpha value is -1.59. The normalized spacial score (nSPS) is 11.9. The summed E-state index contributed by atoms with van der Waals surface area (Å²) in [4.78, 5) is 16.6. The Morgan fingerprint density at radius 3 is 2.47 bits per heavy atom. The van der Waals surface area contributed by atoms with Crippen LogP contribution in [0.4, 0.5) is 4.79 Å². The van der Waals surface area contributed by atoms with E-state index >= 15 is 0 Å². The first-order valence-electron chi connectivity index (χ1n) is 5.26. The molecule has 0 aliphatic heterocycles. The van der Waals surface area contributed by atoms with Gasteiger partial charge in [-0.2, -0.15) is 5.06 Å². The Kier molecular flexibility index (Phi) is 5.45. The second-order valence-corrected chi connectivity index (χ2v) is 3.39. The Morgan fingerprint density at radius 2 is 1.94 bits per heavy atom. The molecule has 0 heterocycles. The lowest BCUT2D eigenvalue weighted by Crippen LogP contribution is -2.32. The molecule has 0 aliphatic carbocycles. The molecule has 5 nitrogen and oxygen atoms in total. The number of benzene rings is 1. The van der Waals surface area contributed by atoms with Crippen LogP contribution in [0, 0.1) is 0 Å². The molecule has 1 rings (SSSR count). The van der Waals surface area contributed by atoms with Crippen LogP contribution in [0.5, 0.6) is 0 Å². The number of carbonyl (C=O) groups is 1. The van der Waals surface area contributed by atoms with Crippen molar-refractivity contribution in [3.8, 4) is 0 Å². The minimum absolute atomic E-state index is 0.326. The quantitative estimate of drug-likeness (QED) is 0.583. The lowest BCUT2D eigenvalue weighted by molar-refractivity contribution is -0.150. The first-order chi connectivity index (χ1) is 8.17. The van der Waals surface area contributed by atoms with Crippen LogP contribution < -0.4 is 0 Å². The molecule has 1 aromatic rings. The Morgan fingerprint density at radius 1 is 1.29 bits per heavy atom. The molecule has 1 aromatic carbocycles. The lowest BCUT2D eigenvalue weighted by Gasteiger charge is -2.21. The highest BCUT2D eigenvalue weighted by Gasteiger charge is 2.17. The van der Waals surface area contributed by atoms with E-state index in [1.54, 1.807) is 6.92 Å². The molecule has 1 unspecified atom stereocenters. The topological polar surface area (TPSA) is 48.0 Å². The van der Waals surface area contributed by atoms with Gasteiger partial charge in [-0.15, -0.1) is 0 Å². The van der Waals surface area contributed by atoms with Crippen LogP contribution in [-0.4, -0.2) is 31.7 Å². The molecule has 5 heteroatoms. The van der Waals surface area contributed by atoms with Crippen molar-refractivity contribution < 1.29 is 19.1 Å². The SMILES string of the molecule is COC(C)OC(=O)N(Cc1ccccc1)OC. The smallest absolute Gasteiger partial charge is 0.418 e. The van der Waals surface area contributed by atoms with Crippen LogP contribution in [0.15, 0.2) is 30.3 Å². The summed E-state index contributed by atoms with van der Waals surface area (Å²) in [7, 11) is 2.88. The van der Waals surface area contributed by atoms with E-state index in [9.17, 15) is 4.79 Å². The van der Waals surface area contributed by atoms with Crippen molar-refractivity contribution >= 4 is 6.09 Å². The van der Waals surface area contributed by atoms with Crippen molar-refractivity contribution in [2.24, 2.45) is 0 Å². The molecular formula is C12H17NO4. The molecule has 0 aromatic heterocycles. The zero-order chi connectivity index (χ0) is 12.7. The third-order valence-corrected chi connectivity index (χ3v) is 2.19. The van der Waals surface area contributed by atoms with Gasteiger partial charge in [0.15, 0.2) is 0 Å². The van der Waals surface area contributed by atoms with Gasteiger partial charge in [-0.3, -0.25) is 4.84 Å². The summed E-state index contributed by atoms with van der Waals surface area (Å²) in [6.07, 6.45) is -1.18. The van der Waals surface area contributed by atoms with Crippen LogP contribution in [-0.2, 0) is 20.9 Å². The summed E-state index contributed by atoms with van der Waals surface area (Å²) >= 11 is 0. The molecule has 0 saturated heterocycles. The van der Waals surface area contributed by atoms with Crippen LogP contribution in [0.2, 0.25) is 0 Å². The fourth-order valence-corrected chi connectivity index (χ4v) is 1.20. The first-order valence-corrected chi connectivity index (χ1v) is 5.26. The maximum atomic E-state index is 11.6. The van der Waals surface area contributed by atoms with E-state index in [0.29, 0.717) is 6.54 Å². The average molecular weight is 239 g/mol. The highest BCUT2D eigenvalue weighted by Crippen LogP contribution is 2.07. The van der Waals surface area contributed by atoms with E-state index in [1.807, 2.05) is 30.3 Å². The molecule has 0 fully saturated rings. The maximum Gasteiger partial charge on any atom is 0.436 e. The number of methoxy groups -OCH3 is 1. The number of hydrogen-bond acceptors (Lipinski definition) is 4. The molecular weight excluding hydrogens is 222 g/mol. The molecule has 17 heavy (non-hydrogen) atoms. The molecule has 0 spiro atoms. The van der Waals surface area contributed by atoms with Gasteiger partial charge in [0.1, 0.15) is 0 Å². The minimum atomic E-state index is -0.601. The zero-order valence-corrected chi connectivity index (χ0v) is 10.3. The van der Waals surface area contributed by atoms with Gasteiger partial charge in [-0.25, -0.2) is 4.79 Å². The summed E-state index contributed by atoms with van der Waals surface area (Å²) < 4.78 is 9.80. The van der Waals surface area contributed by atoms with Crippen LogP contribution in [0.3, 0.4) is 0 Å². The number of nitrogens with zero attached hydrogens (tertiary/aromatic N) is 1. The highest BCUT2D eigenvalue weighted by atomic mass is 16.8. The van der Waals surface area contributed by atoms with E-state index in [4.69, 9.17) is 14.3 Å². The maximum absolute atomic E-state index is 11.6. The van der Waals surface area contributed by atoms with Gasteiger partial charge in [0, 0.05) is 7.11 Å². The Bertz CT molecular complexity index is 342. The molecule has 0 N–H and O–H groups in total. The van der Waals surface area contributed by atoms with E-state index < -0.39 is 12.4 Å². The van der Waals surface area contributed by atoms with E-state index in [1.165, 1.54) is 14.2 Å². The zero-order valence-electron chi connectivity index (χ0n) is 10.3. The second kappa shape index (κ2) is 6.88. The number of amides is 1. The molecule has 94 valence electrons. The molecule has 0 aliphatic rings. The molecule has 1 atom stereocenters. The summed E-state index contributed by atoms with van der Waals surface area (Å²) in [6.45, 7) is 1.96. The monoisotopic (exact) mass is 239 g/mol. The van der Waals surface area contributed by atoms with Gasteiger partial charge >= 0.3 is 6.09 Å². The highest BCUT2D eigenvalue weighted by molar-refractivity contribution is 5.66. The second-order valence-electron chi connectivity index (χ2n) is 3.39. The van der Waals surface area contributed by atoms with Gasteiger partial charge in [-0.05, 0) is 12.5 Å². The molecule has 0 bridgehead atoms. The summed E-state index contributed by atoms with van der Waals surface area (Å²) in [5.41, 5.74) is 0.955. The van der Waals surface area contributed by atoms with Crippen molar-refractivity contribution in [3.63, 3.8) is 0 Å². The first kappa shape index (κ1) is 13.5. The number of ether oxygens (including phenoxy) is 2. The standard InChI is InChI=1S/C12H17NO4/c1-10(15-2)17-12(14)13(16-3)9-11-7-5-4-6-8-11/h4-8,10H,9H2,1-3H3. The van der Waals surface area contributed by atoms with Gasteiger partial charge in [-0.1, -0.05) is 30.3 Å². The van der Waals surface area contributed by atoms with Crippen LogP contribution >= 0.6 is 0 Å². The van der Waals surface area contributed by atoms with Crippen LogP contribution in [0.1, 0.15) is 12.5 Å². The summed E-state index contributed by atoms with van der Waals surface area (Å²) in [5, 5.41) is 1.13. The third kappa shape index (κ3) is 4.42. The number of hydroxylamine groups is 2. The molecule has 1 amide bonds. The number of rotatable bonds is 5. The number of hydrogen-bond donors (Lipinski definition) is 0. The minimum Gasteiger partial charge on any atom is -0.418 e.